The molecule has 2 aliphatic rings. The monoisotopic (exact) mass is 417 g/mol. The van der Waals surface area contributed by atoms with E-state index in [-0.39, 0.29) is 11.9 Å². The van der Waals surface area contributed by atoms with Crippen molar-refractivity contribution in [3.05, 3.63) is 69.8 Å². The standard InChI is InChI=1S/C27H35N3O/c1-18-10-12-29(13-11-18)17-27(31)30-26(24-15-20(3)6-8-21(24)4)16-25(28-30)23-9-7-19(2)14-22(23)5/h6-9,14-15,18,26H,10-13,16-17H2,1-5H3/t26-/m1/s1. The summed E-state index contributed by atoms with van der Waals surface area (Å²) in [7, 11) is 0. The van der Waals surface area contributed by atoms with Gasteiger partial charge in [0, 0.05) is 12.0 Å². The van der Waals surface area contributed by atoms with E-state index in [0.717, 1.165) is 36.7 Å². The van der Waals surface area contributed by atoms with Gasteiger partial charge >= 0.3 is 0 Å². The molecule has 31 heavy (non-hydrogen) atoms. The molecule has 0 aromatic heterocycles. The number of hydrogen-bond acceptors (Lipinski definition) is 3. The molecule has 0 aliphatic carbocycles. The molecule has 2 heterocycles. The van der Waals surface area contributed by atoms with E-state index in [2.05, 4.69) is 75.9 Å². The smallest absolute Gasteiger partial charge is 0.257 e. The second kappa shape index (κ2) is 8.96. The average molecular weight is 418 g/mol. The zero-order chi connectivity index (χ0) is 22.1. The Kier molecular flexibility index (Phi) is 6.29. The lowest BCUT2D eigenvalue weighted by Gasteiger charge is -2.31. The van der Waals surface area contributed by atoms with Gasteiger partial charge in [-0.05, 0) is 76.2 Å². The van der Waals surface area contributed by atoms with Gasteiger partial charge in [-0.15, -0.1) is 0 Å². The summed E-state index contributed by atoms with van der Waals surface area (Å²) in [6, 6.07) is 13.0. The maximum absolute atomic E-state index is 13.5. The molecule has 2 aromatic rings. The van der Waals surface area contributed by atoms with Crippen LogP contribution in [-0.2, 0) is 4.79 Å². The Labute approximate surface area is 186 Å². The quantitative estimate of drug-likeness (QED) is 0.674. The SMILES string of the molecule is Cc1ccc(C2=NN(C(=O)CN3CCC(C)CC3)[C@@H](c3cc(C)ccc3C)C2)c(C)c1. The van der Waals surface area contributed by atoms with Crippen LogP contribution in [0.1, 0.15) is 65.6 Å². The van der Waals surface area contributed by atoms with E-state index < -0.39 is 0 Å². The summed E-state index contributed by atoms with van der Waals surface area (Å²) >= 11 is 0. The molecule has 0 bridgehead atoms. The molecule has 0 radical (unpaired) electrons. The number of nitrogens with zero attached hydrogens (tertiary/aromatic N) is 3. The number of rotatable bonds is 4. The zero-order valence-electron chi connectivity index (χ0n) is 19.6. The molecule has 0 spiro atoms. The molecule has 4 heteroatoms. The summed E-state index contributed by atoms with van der Waals surface area (Å²) in [5, 5.41) is 6.72. The van der Waals surface area contributed by atoms with E-state index in [1.165, 1.54) is 40.7 Å². The van der Waals surface area contributed by atoms with Crippen molar-refractivity contribution in [1.29, 1.82) is 0 Å². The molecule has 4 nitrogen and oxygen atoms in total. The molecular formula is C27H35N3O. The second-order valence-corrected chi connectivity index (χ2v) is 9.64. The Balaban J connectivity index is 1.65. The first-order valence-corrected chi connectivity index (χ1v) is 11.6. The van der Waals surface area contributed by atoms with Crippen LogP contribution in [0.3, 0.4) is 0 Å². The topological polar surface area (TPSA) is 35.9 Å². The predicted molar refractivity (Wildman–Crippen MR) is 127 cm³/mol. The van der Waals surface area contributed by atoms with Crippen LogP contribution >= 0.6 is 0 Å². The fraction of sp³-hybridized carbons (Fsp3) is 0.481. The molecule has 0 saturated carbocycles. The maximum atomic E-state index is 13.5. The van der Waals surface area contributed by atoms with Crippen LogP contribution in [0, 0.1) is 33.6 Å². The average Bonchev–Trinajstić information content (AvgIpc) is 3.16. The Morgan fingerprint density at radius 3 is 2.35 bits per heavy atom. The van der Waals surface area contributed by atoms with Crippen LogP contribution in [-0.4, -0.2) is 41.2 Å². The molecule has 1 fully saturated rings. The number of aryl methyl sites for hydroxylation is 4. The number of amides is 1. The van der Waals surface area contributed by atoms with Crippen molar-refractivity contribution in [3.8, 4) is 0 Å². The highest BCUT2D eigenvalue weighted by Gasteiger charge is 2.35. The fourth-order valence-electron chi connectivity index (χ4n) is 4.89. The van der Waals surface area contributed by atoms with E-state index in [0.29, 0.717) is 6.54 Å². The summed E-state index contributed by atoms with van der Waals surface area (Å²) in [6.45, 7) is 13.3. The van der Waals surface area contributed by atoms with Gasteiger partial charge in [0.05, 0.1) is 18.3 Å². The molecule has 1 atom stereocenters. The highest BCUT2D eigenvalue weighted by molar-refractivity contribution is 6.04. The number of benzene rings is 2. The Bertz CT molecular complexity index is 1000. The van der Waals surface area contributed by atoms with E-state index in [4.69, 9.17) is 5.10 Å². The van der Waals surface area contributed by atoms with E-state index in [1.807, 2.05) is 0 Å². The molecule has 164 valence electrons. The van der Waals surface area contributed by atoms with Gasteiger partial charge in [-0.25, -0.2) is 5.01 Å². The maximum Gasteiger partial charge on any atom is 0.257 e. The Morgan fingerprint density at radius 2 is 1.65 bits per heavy atom. The Hall–Kier alpha value is -2.46. The molecule has 2 aliphatic heterocycles. The van der Waals surface area contributed by atoms with Crippen LogP contribution in [0.5, 0.6) is 0 Å². The number of hydrogen-bond donors (Lipinski definition) is 0. The normalized spacial score (nSPS) is 20.2. The van der Waals surface area contributed by atoms with Gasteiger partial charge in [0.15, 0.2) is 0 Å². The van der Waals surface area contributed by atoms with Crippen molar-refractivity contribution in [1.82, 2.24) is 9.91 Å². The van der Waals surface area contributed by atoms with Crippen molar-refractivity contribution >= 4 is 11.6 Å². The summed E-state index contributed by atoms with van der Waals surface area (Å²) in [6.07, 6.45) is 3.10. The highest BCUT2D eigenvalue weighted by atomic mass is 16.2. The highest BCUT2D eigenvalue weighted by Crippen LogP contribution is 2.36. The first-order valence-electron chi connectivity index (χ1n) is 11.6. The molecule has 4 rings (SSSR count). The third-order valence-corrected chi connectivity index (χ3v) is 6.89. The first-order chi connectivity index (χ1) is 14.8. The van der Waals surface area contributed by atoms with Crippen LogP contribution < -0.4 is 0 Å². The van der Waals surface area contributed by atoms with Gasteiger partial charge in [0.25, 0.3) is 5.91 Å². The number of piperidine rings is 1. The third-order valence-electron chi connectivity index (χ3n) is 6.89. The van der Waals surface area contributed by atoms with E-state index >= 15 is 0 Å². The second-order valence-electron chi connectivity index (χ2n) is 9.64. The van der Waals surface area contributed by atoms with Gasteiger partial charge in [-0.3, -0.25) is 9.69 Å². The van der Waals surface area contributed by atoms with Crippen LogP contribution in [0.25, 0.3) is 0 Å². The van der Waals surface area contributed by atoms with Gasteiger partial charge in [-0.1, -0.05) is 54.4 Å². The summed E-state index contributed by atoms with van der Waals surface area (Å²) in [5.74, 6) is 0.871. The molecule has 0 unspecified atom stereocenters. The summed E-state index contributed by atoms with van der Waals surface area (Å²) in [4.78, 5) is 15.8. The number of carbonyl (C=O) groups excluding carboxylic acids is 1. The Morgan fingerprint density at radius 1 is 0.968 bits per heavy atom. The first kappa shape index (κ1) is 21.8. The van der Waals surface area contributed by atoms with Crippen molar-refractivity contribution in [2.24, 2.45) is 11.0 Å². The molecule has 0 N–H and O–H groups in total. The molecule has 1 saturated heterocycles. The largest absolute Gasteiger partial charge is 0.294 e. The van der Waals surface area contributed by atoms with E-state index in [1.54, 1.807) is 5.01 Å². The lowest BCUT2D eigenvalue weighted by Crippen LogP contribution is -2.41. The third kappa shape index (κ3) is 4.74. The van der Waals surface area contributed by atoms with Crippen LogP contribution in [0.15, 0.2) is 41.5 Å². The minimum Gasteiger partial charge on any atom is -0.294 e. The van der Waals surface area contributed by atoms with Crippen molar-refractivity contribution in [2.45, 2.75) is 59.9 Å². The van der Waals surface area contributed by atoms with Gasteiger partial charge in [0.1, 0.15) is 0 Å². The molecule has 2 aromatic carbocycles. The molecular weight excluding hydrogens is 382 g/mol. The van der Waals surface area contributed by atoms with Crippen molar-refractivity contribution in [3.63, 3.8) is 0 Å². The van der Waals surface area contributed by atoms with Crippen LogP contribution in [0.2, 0.25) is 0 Å². The predicted octanol–water partition coefficient (Wildman–Crippen LogP) is 5.33. The van der Waals surface area contributed by atoms with Gasteiger partial charge in [-0.2, -0.15) is 5.10 Å². The lowest BCUT2D eigenvalue weighted by molar-refractivity contribution is -0.134. The zero-order valence-corrected chi connectivity index (χ0v) is 19.6. The van der Waals surface area contributed by atoms with Crippen molar-refractivity contribution < 1.29 is 4.79 Å². The number of likely N-dealkylation sites (tertiary alicyclic amines) is 1. The van der Waals surface area contributed by atoms with Crippen LogP contribution in [0.4, 0.5) is 0 Å². The summed E-state index contributed by atoms with van der Waals surface area (Å²) in [5.41, 5.74) is 8.29. The fourth-order valence-corrected chi connectivity index (χ4v) is 4.89. The minimum absolute atomic E-state index is 0.0354. The van der Waals surface area contributed by atoms with Crippen molar-refractivity contribution in [2.75, 3.05) is 19.6 Å². The van der Waals surface area contributed by atoms with Gasteiger partial charge in [0.2, 0.25) is 0 Å². The van der Waals surface area contributed by atoms with E-state index in [9.17, 15) is 4.79 Å². The lowest BCUT2D eigenvalue weighted by atomic mass is 9.92. The minimum atomic E-state index is -0.0354. The molecule has 1 amide bonds. The number of carbonyl (C=O) groups is 1. The van der Waals surface area contributed by atoms with Gasteiger partial charge < -0.3 is 0 Å². The summed E-state index contributed by atoms with van der Waals surface area (Å²) < 4.78 is 0. The number of hydrazone groups is 1.